The van der Waals surface area contributed by atoms with Crippen molar-refractivity contribution in [3.8, 4) is 22.6 Å². The van der Waals surface area contributed by atoms with Gasteiger partial charge in [-0.05, 0) is 91.3 Å². The monoisotopic (exact) mass is 586 g/mol. The minimum atomic E-state index is -0.495. The number of fused-ring (bicyclic) bond motifs is 5. The SMILES string of the molecule is C.C.CC.CC.CCC.Oc1ccc2cc(C3(c4ccc5cc(O)ccc5c4)c4ccccc4-c4ccccc43)ccc2c1. The molecule has 2 N–H and O–H groups in total. The molecule has 2 nitrogen and oxygen atoms in total. The molecule has 1 aliphatic carbocycles. The maximum absolute atomic E-state index is 10.0. The highest BCUT2D eigenvalue weighted by Crippen LogP contribution is 2.56. The maximum Gasteiger partial charge on any atom is 0.116 e. The van der Waals surface area contributed by atoms with Crippen LogP contribution in [0.1, 0.15) is 85.1 Å². The summed E-state index contributed by atoms with van der Waals surface area (Å²) in [7, 11) is 0. The number of rotatable bonds is 2. The van der Waals surface area contributed by atoms with E-state index in [0.717, 1.165) is 21.5 Å². The first-order chi connectivity index (χ1) is 20.6. The lowest BCUT2D eigenvalue weighted by molar-refractivity contribution is 0.475. The number of phenolic OH excluding ortho intramolecular Hbond substituents is 2. The first-order valence-corrected chi connectivity index (χ1v) is 15.2. The van der Waals surface area contributed by atoms with Crippen molar-refractivity contribution >= 4 is 21.5 Å². The molecule has 2 heteroatoms. The first-order valence-electron chi connectivity index (χ1n) is 15.2. The van der Waals surface area contributed by atoms with Crippen molar-refractivity contribution < 1.29 is 10.2 Å². The van der Waals surface area contributed by atoms with E-state index in [2.05, 4.69) is 98.8 Å². The molecule has 0 bridgehead atoms. The van der Waals surface area contributed by atoms with Crippen LogP contribution in [0.25, 0.3) is 32.7 Å². The molecule has 6 aromatic carbocycles. The fourth-order valence-corrected chi connectivity index (χ4v) is 5.96. The largest absolute Gasteiger partial charge is 0.508 e. The smallest absolute Gasteiger partial charge is 0.116 e. The predicted molar refractivity (Wildman–Crippen MR) is 194 cm³/mol. The fourth-order valence-electron chi connectivity index (χ4n) is 5.96. The van der Waals surface area contributed by atoms with E-state index in [0.29, 0.717) is 0 Å². The van der Waals surface area contributed by atoms with Crippen LogP contribution in [-0.4, -0.2) is 10.2 Å². The fraction of sp³-hybridized carbons (Fsp3) is 0.238. The Balaban J connectivity index is 0.000000698. The Morgan fingerprint density at radius 1 is 0.455 bits per heavy atom. The van der Waals surface area contributed by atoms with Gasteiger partial charge in [-0.15, -0.1) is 0 Å². The summed E-state index contributed by atoms with van der Waals surface area (Å²) in [5.74, 6) is 0.545. The summed E-state index contributed by atoms with van der Waals surface area (Å²) in [6.45, 7) is 12.2. The summed E-state index contributed by atoms with van der Waals surface area (Å²) in [6.07, 6.45) is 1.25. The Bertz CT molecular complexity index is 1670. The standard InChI is InChI=1S/C33H22O2.C3H8.2C2H6.2CH4/c34-27-15-11-21-17-25(13-9-23(21)19-27)33(26-14-10-24-20-28(35)16-12-22(24)18-26)31-7-3-1-5-29(31)30-6-2-4-8-32(30)33;1-3-2;2*1-2;;/h1-20,34-35H;3H2,1-2H3;2*1-2H3;2*1H4. The first kappa shape index (κ1) is 35.6. The Morgan fingerprint density at radius 3 is 1.16 bits per heavy atom. The summed E-state index contributed by atoms with van der Waals surface area (Å²) in [6, 6.07) is 41.6. The molecule has 0 amide bonds. The second-order valence-corrected chi connectivity index (χ2v) is 10.0. The molecule has 0 aromatic heterocycles. The van der Waals surface area contributed by atoms with Crippen LogP contribution < -0.4 is 0 Å². The third kappa shape index (κ3) is 6.21. The molecule has 6 aromatic rings. The lowest BCUT2D eigenvalue weighted by Crippen LogP contribution is -2.28. The van der Waals surface area contributed by atoms with Crippen LogP contribution in [0.15, 0.2) is 121 Å². The molecule has 230 valence electrons. The average Bonchev–Trinajstić information content (AvgIpc) is 3.34. The number of aromatic hydroxyl groups is 2. The molecule has 0 saturated heterocycles. The number of phenols is 2. The Hall–Kier alpha value is -4.56. The van der Waals surface area contributed by atoms with Gasteiger partial charge in [0.05, 0.1) is 5.41 Å². The van der Waals surface area contributed by atoms with E-state index >= 15 is 0 Å². The van der Waals surface area contributed by atoms with E-state index in [1.807, 2.05) is 52.0 Å². The van der Waals surface area contributed by atoms with Gasteiger partial charge in [-0.1, -0.05) is 148 Å². The van der Waals surface area contributed by atoms with Gasteiger partial charge < -0.3 is 10.2 Å². The zero-order chi connectivity index (χ0) is 30.3. The molecule has 0 unspecified atom stereocenters. The molecule has 0 saturated carbocycles. The topological polar surface area (TPSA) is 40.5 Å². The summed E-state index contributed by atoms with van der Waals surface area (Å²) in [4.78, 5) is 0. The van der Waals surface area contributed by atoms with Crippen molar-refractivity contribution in [2.75, 3.05) is 0 Å². The molecule has 0 fully saturated rings. The van der Waals surface area contributed by atoms with Gasteiger partial charge in [0.15, 0.2) is 0 Å². The van der Waals surface area contributed by atoms with Crippen molar-refractivity contribution in [3.63, 3.8) is 0 Å². The normalized spacial score (nSPS) is 11.5. The molecule has 0 aliphatic heterocycles. The Morgan fingerprint density at radius 2 is 0.773 bits per heavy atom. The van der Waals surface area contributed by atoms with E-state index < -0.39 is 5.41 Å². The maximum atomic E-state index is 10.0. The van der Waals surface area contributed by atoms with E-state index in [1.165, 1.54) is 39.8 Å². The van der Waals surface area contributed by atoms with E-state index in [1.54, 1.807) is 12.1 Å². The summed E-state index contributed by atoms with van der Waals surface area (Å²) in [5, 5.41) is 24.2. The van der Waals surface area contributed by atoms with Gasteiger partial charge in [-0.25, -0.2) is 0 Å². The van der Waals surface area contributed by atoms with E-state index in [4.69, 9.17) is 0 Å². The van der Waals surface area contributed by atoms with Gasteiger partial charge in [-0.3, -0.25) is 0 Å². The second-order valence-electron chi connectivity index (χ2n) is 10.0. The van der Waals surface area contributed by atoms with Gasteiger partial charge in [0.1, 0.15) is 11.5 Å². The minimum absolute atomic E-state index is 0. The highest BCUT2D eigenvalue weighted by atomic mass is 16.3. The molecule has 0 atom stereocenters. The third-order valence-electron chi connectivity index (χ3n) is 7.47. The average molecular weight is 587 g/mol. The van der Waals surface area contributed by atoms with Crippen LogP contribution in [0.5, 0.6) is 11.5 Å². The van der Waals surface area contributed by atoms with E-state index in [9.17, 15) is 10.2 Å². The molecule has 0 spiro atoms. The lowest BCUT2D eigenvalue weighted by atomic mass is 9.67. The minimum Gasteiger partial charge on any atom is -0.508 e. The van der Waals surface area contributed by atoms with Crippen LogP contribution in [0.4, 0.5) is 0 Å². The van der Waals surface area contributed by atoms with Crippen LogP contribution >= 0.6 is 0 Å². The summed E-state index contributed by atoms with van der Waals surface area (Å²) in [5.41, 5.74) is 6.90. The van der Waals surface area contributed by atoms with E-state index in [-0.39, 0.29) is 26.4 Å². The van der Waals surface area contributed by atoms with Crippen molar-refractivity contribution in [1.82, 2.24) is 0 Å². The molecule has 1 aliphatic rings. The number of benzene rings is 6. The van der Waals surface area contributed by atoms with Gasteiger partial charge >= 0.3 is 0 Å². The highest BCUT2D eigenvalue weighted by Gasteiger charge is 2.46. The van der Waals surface area contributed by atoms with Crippen molar-refractivity contribution in [2.45, 2.75) is 68.2 Å². The van der Waals surface area contributed by atoms with Gasteiger partial charge in [0.25, 0.3) is 0 Å². The Labute approximate surface area is 265 Å². The van der Waals surface area contributed by atoms with Crippen LogP contribution in [0.3, 0.4) is 0 Å². The zero-order valence-corrected chi connectivity index (χ0v) is 25.6. The molecule has 0 radical (unpaired) electrons. The van der Waals surface area contributed by atoms with Crippen molar-refractivity contribution in [3.05, 3.63) is 144 Å². The molecular weight excluding hydrogens is 536 g/mol. The number of hydrogen-bond acceptors (Lipinski definition) is 2. The van der Waals surface area contributed by atoms with Crippen LogP contribution in [0.2, 0.25) is 0 Å². The van der Waals surface area contributed by atoms with Crippen molar-refractivity contribution in [1.29, 1.82) is 0 Å². The molecule has 44 heavy (non-hydrogen) atoms. The third-order valence-corrected chi connectivity index (χ3v) is 7.47. The highest BCUT2D eigenvalue weighted by molar-refractivity contribution is 5.92. The van der Waals surface area contributed by atoms with Crippen LogP contribution in [-0.2, 0) is 5.41 Å². The quantitative estimate of drug-likeness (QED) is 0.211. The summed E-state index contributed by atoms with van der Waals surface area (Å²) < 4.78 is 0. The predicted octanol–water partition coefficient (Wildman–Crippen LogP) is 12.5. The van der Waals surface area contributed by atoms with Crippen LogP contribution in [0, 0.1) is 0 Å². The molecule has 0 heterocycles. The lowest BCUT2D eigenvalue weighted by Gasteiger charge is -2.34. The molecular formula is C42H50O2. The zero-order valence-electron chi connectivity index (χ0n) is 25.6. The van der Waals surface area contributed by atoms with Gasteiger partial charge in [-0.2, -0.15) is 0 Å². The van der Waals surface area contributed by atoms with Gasteiger partial charge in [0, 0.05) is 0 Å². The van der Waals surface area contributed by atoms with Gasteiger partial charge in [0.2, 0.25) is 0 Å². The van der Waals surface area contributed by atoms with Crippen molar-refractivity contribution in [2.24, 2.45) is 0 Å². The number of hydrogen-bond donors (Lipinski definition) is 2. The molecule has 7 rings (SSSR count). The summed E-state index contributed by atoms with van der Waals surface area (Å²) >= 11 is 0. The Kier molecular flexibility index (Phi) is 12.8. The second kappa shape index (κ2) is 15.8.